The summed E-state index contributed by atoms with van der Waals surface area (Å²) in [5.74, 6) is 0.485. The van der Waals surface area contributed by atoms with Crippen LogP contribution in [0.5, 0.6) is 0 Å². The standard InChI is InChI=1S/C14H21N/c1-7-9-14(8-2)15-13(6)10-12(5)11(3)4/h7-9,11,15H,1-2,5-6,10H2,3-4H3/b14-9+. The van der Waals surface area contributed by atoms with Gasteiger partial charge in [0.05, 0.1) is 0 Å². The van der Waals surface area contributed by atoms with Crippen molar-refractivity contribution < 1.29 is 0 Å². The Labute approximate surface area is 93.6 Å². The summed E-state index contributed by atoms with van der Waals surface area (Å²) in [5, 5.41) is 3.17. The topological polar surface area (TPSA) is 12.0 Å². The predicted molar refractivity (Wildman–Crippen MR) is 69.3 cm³/mol. The summed E-state index contributed by atoms with van der Waals surface area (Å²) in [4.78, 5) is 0. The third-order valence-electron chi connectivity index (χ3n) is 2.10. The van der Waals surface area contributed by atoms with Crippen LogP contribution >= 0.6 is 0 Å². The fourth-order valence-corrected chi connectivity index (χ4v) is 1.01. The van der Waals surface area contributed by atoms with Gasteiger partial charge in [-0.2, -0.15) is 0 Å². The minimum atomic E-state index is 0.485. The second kappa shape index (κ2) is 6.88. The molecule has 0 bridgehead atoms. The van der Waals surface area contributed by atoms with Crippen molar-refractivity contribution in [1.29, 1.82) is 0 Å². The van der Waals surface area contributed by atoms with Gasteiger partial charge in [-0.1, -0.05) is 51.8 Å². The summed E-state index contributed by atoms with van der Waals surface area (Å²) in [6.07, 6.45) is 6.11. The highest BCUT2D eigenvalue weighted by molar-refractivity contribution is 5.24. The maximum absolute atomic E-state index is 4.01. The molecular weight excluding hydrogens is 182 g/mol. The van der Waals surface area contributed by atoms with Crippen molar-refractivity contribution in [2.45, 2.75) is 20.3 Å². The minimum Gasteiger partial charge on any atom is -0.359 e. The maximum Gasteiger partial charge on any atom is 0.0375 e. The van der Waals surface area contributed by atoms with Crippen molar-refractivity contribution in [1.82, 2.24) is 5.32 Å². The second-order valence-electron chi connectivity index (χ2n) is 3.78. The Morgan fingerprint density at radius 3 is 2.27 bits per heavy atom. The van der Waals surface area contributed by atoms with Crippen LogP contribution in [-0.4, -0.2) is 0 Å². The molecule has 0 fully saturated rings. The number of nitrogens with one attached hydrogen (secondary N) is 1. The van der Waals surface area contributed by atoms with E-state index in [4.69, 9.17) is 0 Å². The summed E-state index contributed by atoms with van der Waals surface area (Å²) < 4.78 is 0. The van der Waals surface area contributed by atoms with Gasteiger partial charge in [-0.15, -0.1) is 0 Å². The Balaban J connectivity index is 4.25. The Morgan fingerprint density at radius 2 is 1.87 bits per heavy atom. The van der Waals surface area contributed by atoms with E-state index in [0.29, 0.717) is 5.92 Å². The number of allylic oxidation sites excluding steroid dienone is 4. The number of hydrogen-bond donors (Lipinski definition) is 1. The van der Waals surface area contributed by atoms with Crippen LogP contribution in [0.2, 0.25) is 0 Å². The normalized spacial score (nSPS) is 11.0. The average Bonchev–Trinajstić information content (AvgIpc) is 2.16. The summed E-state index contributed by atoms with van der Waals surface area (Å²) in [7, 11) is 0. The summed E-state index contributed by atoms with van der Waals surface area (Å²) in [5.41, 5.74) is 3.02. The van der Waals surface area contributed by atoms with Gasteiger partial charge in [-0.3, -0.25) is 0 Å². The molecule has 0 aliphatic heterocycles. The van der Waals surface area contributed by atoms with Crippen LogP contribution in [0.1, 0.15) is 20.3 Å². The lowest BCUT2D eigenvalue weighted by Gasteiger charge is -2.13. The molecule has 1 heteroatoms. The van der Waals surface area contributed by atoms with E-state index in [1.165, 1.54) is 5.57 Å². The van der Waals surface area contributed by atoms with E-state index in [-0.39, 0.29) is 0 Å². The second-order valence-corrected chi connectivity index (χ2v) is 3.78. The van der Waals surface area contributed by atoms with Crippen molar-refractivity contribution in [2.24, 2.45) is 5.92 Å². The molecule has 0 aromatic heterocycles. The molecule has 1 N–H and O–H groups in total. The Morgan fingerprint density at radius 1 is 1.27 bits per heavy atom. The molecule has 0 unspecified atom stereocenters. The molecule has 0 atom stereocenters. The molecule has 0 aliphatic carbocycles. The molecule has 0 amide bonds. The van der Waals surface area contributed by atoms with Crippen molar-refractivity contribution >= 4 is 0 Å². The van der Waals surface area contributed by atoms with Crippen LogP contribution in [-0.2, 0) is 0 Å². The van der Waals surface area contributed by atoms with E-state index in [9.17, 15) is 0 Å². The first-order chi connectivity index (χ1) is 7.01. The third kappa shape index (κ3) is 5.74. The maximum atomic E-state index is 4.01. The van der Waals surface area contributed by atoms with E-state index >= 15 is 0 Å². The molecule has 0 radical (unpaired) electrons. The first-order valence-corrected chi connectivity index (χ1v) is 5.08. The predicted octanol–water partition coefficient (Wildman–Crippen LogP) is 3.95. The molecule has 0 heterocycles. The van der Waals surface area contributed by atoms with Crippen LogP contribution < -0.4 is 5.32 Å². The van der Waals surface area contributed by atoms with Gasteiger partial charge in [-0.05, 0) is 18.1 Å². The van der Waals surface area contributed by atoms with Crippen LogP contribution in [0.15, 0.2) is 61.5 Å². The molecule has 0 saturated carbocycles. The van der Waals surface area contributed by atoms with Gasteiger partial charge in [0.15, 0.2) is 0 Å². The molecule has 0 rings (SSSR count). The lowest BCUT2D eigenvalue weighted by Crippen LogP contribution is -2.11. The van der Waals surface area contributed by atoms with Crippen LogP contribution in [0, 0.1) is 5.92 Å². The van der Waals surface area contributed by atoms with Gasteiger partial charge in [0.2, 0.25) is 0 Å². The van der Waals surface area contributed by atoms with Crippen LogP contribution in [0.3, 0.4) is 0 Å². The van der Waals surface area contributed by atoms with Crippen molar-refractivity contribution in [2.75, 3.05) is 0 Å². The zero-order chi connectivity index (χ0) is 11.8. The lowest BCUT2D eigenvalue weighted by atomic mass is 10.0. The Hall–Kier alpha value is -1.50. The Bertz CT molecular complexity index is 292. The summed E-state index contributed by atoms with van der Waals surface area (Å²) >= 11 is 0. The fourth-order valence-electron chi connectivity index (χ4n) is 1.01. The van der Waals surface area contributed by atoms with Crippen molar-refractivity contribution in [3.05, 3.63) is 61.5 Å². The molecule has 0 spiro atoms. The van der Waals surface area contributed by atoms with E-state index in [1.807, 2.05) is 6.08 Å². The molecule has 15 heavy (non-hydrogen) atoms. The average molecular weight is 203 g/mol. The highest BCUT2D eigenvalue weighted by Gasteiger charge is 2.02. The zero-order valence-electron chi connectivity index (χ0n) is 9.84. The molecule has 0 saturated heterocycles. The molecule has 1 nitrogen and oxygen atoms in total. The first kappa shape index (κ1) is 13.5. The van der Waals surface area contributed by atoms with E-state index in [1.54, 1.807) is 12.2 Å². The van der Waals surface area contributed by atoms with Gasteiger partial charge in [-0.25, -0.2) is 0 Å². The van der Waals surface area contributed by atoms with Gasteiger partial charge < -0.3 is 5.32 Å². The third-order valence-corrected chi connectivity index (χ3v) is 2.10. The molecule has 82 valence electrons. The van der Waals surface area contributed by atoms with Gasteiger partial charge in [0.25, 0.3) is 0 Å². The SMILES string of the molecule is C=C/C=C(\C=C)NC(=C)CC(=C)C(C)C. The first-order valence-electron chi connectivity index (χ1n) is 5.08. The highest BCUT2D eigenvalue weighted by Crippen LogP contribution is 2.15. The largest absolute Gasteiger partial charge is 0.359 e. The smallest absolute Gasteiger partial charge is 0.0375 e. The molecule has 0 aromatic rings. The summed E-state index contributed by atoms with van der Waals surface area (Å²) in [6.45, 7) is 19.6. The monoisotopic (exact) mass is 203 g/mol. The van der Waals surface area contributed by atoms with Crippen molar-refractivity contribution in [3.8, 4) is 0 Å². The van der Waals surface area contributed by atoms with Gasteiger partial charge in [0.1, 0.15) is 0 Å². The molecule has 0 aliphatic rings. The van der Waals surface area contributed by atoms with Crippen LogP contribution in [0.25, 0.3) is 0 Å². The minimum absolute atomic E-state index is 0.485. The molecule has 0 aromatic carbocycles. The Kier molecular flexibility index (Phi) is 6.19. The number of hydrogen-bond acceptors (Lipinski definition) is 1. The lowest BCUT2D eigenvalue weighted by molar-refractivity contribution is 0.730. The van der Waals surface area contributed by atoms with Crippen molar-refractivity contribution in [3.63, 3.8) is 0 Å². The van der Waals surface area contributed by atoms with Crippen LogP contribution in [0.4, 0.5) is 0 Å². The van der Waals surface area contributed by atoms with Gasteiger partial charge >= 0.3 is 0 Å². The van der Waals surface area contributed by atoms with E-state index in [2.05, 4.69) is 45.5 Å². The quantitative estimate of drug-likeness (QED) is 0.488. The number of rotatable bonds is 7. The van der Waals surface area contributed by atoms with Gasteiger partial charge in [0, 0.05) is 17.8 Å². The fraction of sp³-hybridized carbons (Fsp3) is 0.286. The summed E-state index contributed by atoms with van der Waals surface area (Å²) in [6, 6.07) is 0. The molecular formula is C14H21N. The zero-order valence-corrected chi connectivity index (χ0v) is 9.84. The van der Waals surface area contributed by atoms with E-state index in [0.717, 1.165) is 17.8 Å². The van der Waals surface area contributed by atoms with E-state index < -0.39 is 0 Å². The highest BCUT2D eigenvalue weighted by atomic mass is 14.9.